The molecule has 2 unspecified atom stereocenters. The Labute approximate surface area is 104 Å². The maximum Gasteiger partial charge on any atom is 0.0748 e. The van der Waals surface area contributed by atoms with E-state index in [9.17, 15) is 0 Å². The second-order valence-electron chi connectivity index (χ2n) is 5.01. The summed E-state index contributed by atoms with van der Waals surface area (Å²) in [5, 5.41) is 3.61. The Balaban J connectivity index is 2.09. The Morgan fingerprint density at radius 3 is 2.76 bits per heavy atom. The minimum Gasteiger partial charge on any atom is -0.379 e. The highest BCUT2D eigenvalue weighted by atomic mass is 16.5. The zero-order valence-corrected chi connectivity index (χ0v) is 10.9. The van der Waals surface area contributed by atoms with E-state index in [1.54, 1.807) is 0 Å². The molecule has 0 spiro atoms. The molecule has 3 nitrogen and oxygen atoms in total. The molecule has 1 fully saturated rings. The zero-order chi connectivity index (χ0) is 12.3. The van der Waals surface area contributed by atoms with Crippen LogP contribution in [0.2, 0.25) is 0 Å². The third-order valence-electron chi connectivity index (χ3n) is 3.22. The maximum absolute atomic E-state index is 5.59. The largest absolute Gasteiger partial charge is 0.379 e. The number of ether oxygens (including phenoxy) is 1. The van der Waals surface area contributed by atoms with Crippen molar-refractivity contribution in [3.8, 4) is 0 Å². The number of anilines is 1. The number of benzene rings is 1. The highest BCUT2D eigenvalue weighted by Gasteiger charge is 2.24. The summed E-state index contributed by atoms with van der Waals surface area (Å²) in [6.45, 7) is 3.97. The second-order valence-corrected chi connectivity index (χ2v) is 5.01. The van der Waals surface area contributed by atoms with Crippen molar-refractivity contribution in [3.05, 3.63) is 29.8 Å². The first-order valence-electron chi connectivity index (χ1n) is 6.27. The average Bonchev–Trinajstić information content (AvgIpc) is 2.67. The van der Waals surface area contributed by atoms with E-state index in [2.05, 4.69) is 55.5 Å². The number of rotatable bonds is 4. The van der Waals surface area contributed by atoms with E-state index < -0.39 is 0 Å². The lowest BCUT2D eigenvalue weighted by Crippen LogP contribution is -2.27. The molecule has 0 radical (unpaired) electrons. The van der Waals surface area contributed by atoms with Crippen LogP contribution in [0.3, 0.4) is 0 Å². The van der Waals surface area contributed by atoms with Crippen LogP contribution in [0.25, 0.3) is 0 Å². The van der Waals surface area contributed by atoms with Crippen LogP contribution in [0.4, 0.5) is 5.69 Å². The van der Waals surface area contributed by atoms with Crippen molar-refractivity contribution in [2.75, 3.05) is 26.0 Å². The average molecular weight is 234 g/mol. The fourth-order valence-corrected chi connectivity index (χ4v) is 2.26. The highest BCUT2D eigenvalue weighted by molar-refractivity contribution is 5.52. The van der Waals surface area contributed by atoms with Gasteiger partial charge in [-0.05, 0) is 39.1 Å². The SMILES string of the molecule is CC1OCCC1Nc1ccccc1CN(C)C. The molecule has 0 amide bonds. The lowest BCUT2D eigenvalue weighted by molar-refractivity contribution is 0.121. The molecule has 1 heterocycles. The predicted octanol–water partition coefficient (Wildman–Crippen LogP) is 2.34. The number of nitrogens with one attached hydrogen (secondary N) is 1. The van der Waals surface area contributed by atoms with Crippen molar-refractivity contribution >= 4 is 5.69 Å². The first-order valence-corrected chi connectivity index (χ1v) is 6.27. The van der Waals surface area contributed by atoms with Crippen LogP contribution in [-0.4, -0.2) is 37.7 Å². The molecule has 3 heteroatoms. The first kappa shape index (κ1) is 12.4. The van der Waals surface area contributed by atoms with E-state index in [-0.39, 0.29) is 0 Å². The molecular formula is C14H22N2O. The Kier molecular flexibility index (Phi) is 4.02. The first-order chi connectivity index (χ1) is 8.16. The second kappa shape index (κ2) is 5.52. The van der Waals surface area contributed by atoms with Crippen LogP contribution < -0.4 is 5.32 Å². The Morgan fingerprint density at radius 2 is 2.12 bits per heavy atom. The summed E-state index contributed by atoms with van der Waals surface area (Å²) in [6.07, 6.45) is 1.40. The summed E-state index contributed by atoms with van der Waals surface area (Å²) in [4.78, 5) is 2.19. The van der Waals surface area contributed by atoms with Gasteiger partial charge in [-0.25, -0.2) is 0 Å². The van der Waals surface area contributed by atoms with Crippen LogP contribution in [0.1, 0.15) is 18.9 Å². The molecule has 1 saturated heterocycles. The van der Waals surface area contributed by atoms with Crippen LogP contribution >= 0.6 is 0 Å². The lowest BCUT2D eigenvalue weighted by atomic mass is 10.1. The molecule has 1 aliphatic heterocycles. The third kappa shape index (κ3) is 3.20. The fourth-order valence-electron chi connectivity index (χ4n) is 2.26. The summed E-state index contributed by atoms with van der Waals surface area (Å²) in [5.74, 6) is 0. The number of hydrogen-bond acceptors (Lipinski definition) is 3. The van der Waals surface area contributed by atoms with Crippen molar-refractivity contribution in [1.29, 1.82) is 0 Å². The highest BCUT2D eigenvalue weighted by Crippen LogP contribution is 2.22. The van der Waals surface area contributed by atoms with E-state index in [0.29, 0.717) is 12.1 Å². The van der Waals surface area contributed by atoms with E-state index in [0.717, 1.165) is 19.6 Å². The molecule has 1 aromatic rings. The van der Waals surface area contributed by atoms with Gasteiger partial charge in [-0.3, -0.25) is 0 Å². The molecule has 1 N–H and O–H groups in total. The smallest absolute Gasteiger partial charge is 0.0748 e. The van der Waals surface area contributed by atoms with Gasteiger partial charge in [0.05, 0.1) is 12.1 Å². The minimum atomic E-state index is 0.308. The molecule has 1 aromatic carbocycles. The van der Waals surface area contributed by atoms with Gasteiger partial charge in [0, 0.05) is 18.8 Å². The fraction of sp³-hybridized carbons (Fsp3) is 0.571. The van der Waals surface area contributed by atoms with Crippen LogP contribution in [0.15, 0.2) is 24.3 Å². The Hall–Kier alpha value is -1.06. The van der Waals surface area contributed by atoms with Gasteiger partial charge in [0.1, 0.15) is 0 Å². The summed E-state index contributed by atoms with van der Waals surface area (Å²) < 4.78 is 5.59. The van der Waals surface area contributed by atoms with Gasteiger partial charge in [0.2, 0.25) is 0 Å². The van der Waals surface area contributed by atoms with Gasteiger partial charge in [-0.2, -0.15) is 0 Å². The summed E-state index contributed by atoms with van der Waals surface area (Å²) in [6, 6.07) is 8.96. The van der Waals surface area contributed by atoms with E-state index in [1.807, 2.05) is 0 Å². The molecule has 0 saturated carbocycles. The van der Waals surface area contributed by atoms with Crippen molar-refractivity contribution in [1.82, 2.24) is 4.90 Å². The molecule has 94 valence electrons. The van der Waals surface area contributed by atoms with Crippen molar-refractivity contribution in [2.24, 2.45) is 0 Å². The van der Waals surface area contributed by atoms with Gasteiger partial charge in [-0.15, -0.1) is 0 Å². The van der Waals surface area contributed by atoms with Gasteiger partial charge in [0.25, 0.3) is 0 Å². The molecular weight excluding hydrogens is 212 g/mol. The summed E-state index contributed by atoms with van der Waals surface area (Å²) >= 11 is 0. The van der Waals surface area contributed by atoms with E-state index in [1.165, 1.54) is 11.3 Å². The molecule has 0 bridgehead atoms. The van der Waals surface area contributed by atoms with Gasteiger partial charge in [0.15, 0.2) is 0 Å². The van der Waals surface area contributed by atoms with Crippen molar-refractivity contribution < 1.29 is 4.74 Å². The number of hydrogen-bond donors (Lipinski definition) is 1. The summed E-state index contributed by atoms with van der Waals surface area (Å²) in [7, 11) is 4.19. The third-order valence-corrected chi connectivity index (χ3v) is 3.22. The Morgan fingerprint density at radius 1 is 1.35 bits per heavy atom. The van der Waals surface area contributed by atoms with Gasteiger partial charge < -0.3 is 15.0 Å². The van der Waals surface area contributed by atoms with Crippen LogP contribution in [-0.2, 0) is 11.3 Å². The van der Waals surface area contributed by atoms with Crippen molar-refractivity contribution in [2.45, 2.75) is 32.0 Å². The number of nitrogens with zero attached hydrogens (tertiary/aromatic N) is 1. The van der Waals surface area contributed by atoms with Crippen molar-refractivity contribution in [3.63, 3.8) is 0 Å². The lowest BCUT2D eigenvalue weighted by Gasteiger charge is -2.21. The molecule has 2 rings (SSSR count). The monoisotopic (exact) mass is 234 g/mol. The van der Waals surface area contributed by atoms with E-state index >= 15 is 0 Å². The number of para-hydroxylation sites is 1. The maximum atomic E-state index is 5.59. The quantitative estimate of drug-likeness (QED) is 0.865. The van der Waals surface area contributed by atoms with Crippen LogP contribution in [0, 0.1) is 0 Å². The summed E-state index contributed by atoms with van der Waals surface area (Å²) in [5.41, 5.74) is 2.58. The van der Waals surface area contributed by atoms with Crippen LogP contribution in [0.5, 0.6) is 0 Å². The zero-order valence-electron chi connectivity index (χ0n) is 10.9. The topological polar surface area (TPSA) is 24.5 Å². The normalized spacial score (nSPS) is 24.2. The van der Waals surface area contributed by atoms with Gasteiger partial charge in [-0.1, -0.05) is 18.2 Å². The standard InChI is InChI=1S/C14H22N2O/c1-11-13(8-9-17-11)15-14-7-5-4-6-12(14)10-16(2)3/h4-7,11,13,15H,8-10H2,1-3H3. The Bertz CT molecular complexity index is 365. The predicted molar refractivity (Wildman–Crippen MR) is 71.3 cm³/mol. The minimum absolute atomic E-state index is 0.308. The van der Waals surface area contributed by atoms with Gasteiger partial charge >= 0.3 is 0 Å². The molecule has 17 heavy (non-hydrogen) atoms. The molecule has 2 atom stereocenters. The molecule has 0 aromatic heterocycles. The molecule has 1 aliphatic rings. The van der Waals surface area contributed by atoms with E-state index in [4.69, 9.17) is 4.74 Å². The molecule has 0 aliphatic carbocycles.